The molecule has 4 rings (SSSR count). The van der Waals surface area contributed by atoms with E-state index in [-0.39, 0.29) is 0 Å². The first-order valence-corrected chi connectivity index (χ1v) is 9.73. The number of benzene rings is 1. The van der Waals surface area contributed by atoms with E-state index in [0.29, 0.717) is 13.1 Å². The van der Waals surface area contributed by atoms with Crippen LogP contribution in [0.4, 0.5) is 0 Å². The van der Waals surface area contributed by atoms with Gasteiger partial charge in [-0.2, -0.15) is 5.10 Å². The minimum Gasteiger partial charge on any atom is -0.352 e. The Kier molecular flexibility index (Phi) is 5.65. The molecule has 0 saturated heterocycles. The topological polar surface area (TPSA) is 84.9 Å². The van der Waals surface area contributed by atoms with Crippen molar-refractivity contribution < 1.29 is 0 Å². The Labute approximate surface area is 164 Å². The summed E-state index contributed by atoms with van der Waals surface area (Å²) in [4.78, 5) is 4.34. The number of aryl methyl sites for hydroxylation is 1. The lowest BCUT2D eigenvalue weighted by Gasteiger charge is -2.16. The average Bonchev–Trinajstić information content (AvgIpc) is 3.39. The van der Waals surface area contributed by atoms with Gasteiger partial charge in [0.25, 0.3) is 0 Å². The Morgan fingerprint density at radius 3 is 2.75 bits per heavy atom. The van der Waals surface area contributed by atoms with E-state index < -0.39 is 0 Å². The molecule has 8 nitrogen and oxygen atoms in total. The van der Waals surface area contributed by atoms with Crippen LogP contribution in [-0.4, -0.2) is 37.6 Å². The molecular formula is C20H26N8. The largest absolute Gasteiger partial charge is 0.352 e. The van der Waals surface area contributed by atoms with E-state index in [1.165, 1.54) is 24.0 Å². The second-order valence-electron chi connectivity index (χ2n) is 6.89. The van der Waals surface area contributed by atoms with Gasteiger partial charge in [0.2, 0.25) is 0 Å². The van der Waals surface area contributed by atoms with Gasteiger partial charge in [-0.25, -0.2) is 0 Å². The lowest BCUT2D eigenvalue weighted by atomic mass is 10.1. The van der Waals surface area contributed by atoms with Gasteiger partial charge in [-0.3, -0.25) is 9.67 Å². The predicted molar refractivity (Wildman–Crippen MR) is 108 cm³/mol. The molecule has 3 aromatic rings. The predicted octanol–water partition coefficient (Wildman–Crippen LogP) is 1.72. The Balaban J connectivity index is 1.35. The van der Waals surface area contributed by atoms with Crippen LogP contribution in [0.2, 0.25) is 0 Å². The van der Waals surface area contributed by atoms with Gasteiger partial charge in [-0.15, -0.1) is 10.2 Å². The number of nitrogens with zero attached hydrogens (tertiary/aromatic N) is 6. The number of nitrogens with one attached hydrogen (secondary N) is 2. The average molecular weight is 378 g/mol. The van der Waals surface area contributed by atoms with E-state index in [1.54, 1.807) is 13.2 Å². The van der Waals surface area contributed by atoms with Crippen molar-refractivity contribution in [3.8, 4) is 0 Å². The highest BCUT2D eigenvalue weighted by molar-refractivity contribution is 5.79. The molecule has 0 radical (unpaired) electrons. The summed E-state index contributed by atoms with van der Waals surface area (Å²) in [6, 6.07) is 10.3. The first-order chi connectivity index (χ1) is 13.8. The van der Waals surface area contributed by atoms with Crippen molar-refractivity contribution in [2.45, 2.75) is 45.4 Å². The molecule has 0 spiro atoms. The van der Waals surface area contributed by atoms with Gasteiger partial charge in [0.05, 0.1) is 13.1 Å². The summed E-state index contributed by atoms with van der Waals surface area (Å²) in [7, 11) is 1.78. The molecule has 2 N–H and O–H groups in total. The van der Waals surface area contributed by atoms with Gasteiger partial charge in [-0.1, -0.05) is 24.3 Å². The third-order valence-corrected chi connectivity index (χ3v) is 5.03. The van der Waals surface area contributed by atoms with Gasteiger partial charge in [0.15, 0.2) is 11.8 Å². The number of aliphatic imine (C=N–C) groups is 1. The molecular weight excluding hydrogens is 352 g/mol. The van der Waals surface area contributed by atoms with Crippen molar-refractivity contribution in [2.75, 3.05) is 7.05 Å². The first kappa shape index (κ1) is 18.2. The van der Waals surface area contributed by atoms with Crippen LogP contribution in [0.25, 0.3) is 0 Å². The number of aromatic nitrogens is 5. The molecule has 0 fully saturated rings. The van der Waals surface area contributed by atoms with Crippen LogP contribution in [0, 0.1) is 0 Å². The number of guanidine groups is 1. The molecule has 3 heterocycles. The highest BCUT2D eigenvalue weighted by atomic mass is 15.3. The Morgan fingerprint density at radius 2 is 1.93 bits per heavy atom. The van der Waals surface area contributed by atoms with Crippen LogP contribution in [0.15, 0.2) is 47.7 Å². The molecule has 0 bridgehead atoms. The molecule has 8 heteroatoms. The number of fused-ring (bicyclic) bond motifs is 1. The molecule has 1 aromatic carbocycles. The fraction of sp³-hybridized carbons (Fsp3) is 0.400. The SMILES string of the molecule is CN=C(NCc1ccccc1Cn1cccn1)NCc1nnc2n1CCCC2. The Bertz CT molecular complexity index is 926. The van der Waals surface area contributed by atoms with E-state index in [1.807, 2.05) is 16.9 Å². The number of hydrogen-bond acceptors (Lipinski definition) is 4. The third-order valence-electron chi connectivity index (χ3n) is 5.03. The van der Waals surface area contributed by atoms with Crippen molar-refractivity contribution in [3.05, 3.63) is 65.5 Å². The standard InChI is InChI=1S/C20H26N8/c1-21-20(23-14-19-26-25-18-9-4-5-12-28(18)19)22-13-16-7-2-3-8-17(16)15-27-11-6-10-24-27/h2-3,6-8,10-11H,4-5,9,12-15H2,1H3,(H2,21,22,23). The number of rotatable bonds is 6. The van der Waals surface area contributed by atoms with Crippen molar-refractivity contribution in [1.82, 2.24) is 35.2 Å². The Morgan fingerprint density at radius 1 is 1.07 bits per heavy atom. The maximum Gasteiger partial charge on any atom is 0.191 e. The van der Waals surface area contributed by atoms with Crippen LogP contribution in [-0.2, 0) is 32.6 Å². The van der Waals surface area contributed by atoms with Crippen molar-refractivity contribution in [3.63, 3.8) is 0 Å². The maximum absolute atomic E-state index is 4.34. The lowest BCUT2D eigenvalue weighted by Crippen LogP contribution is -2.37. The molecule has 0 aliphatic carbocycles. The third kappa shape index (κ3) is 4.21. The fourth-order valence-electron chi connectivity index (χ4n) is 3.51. The van der Waals surface area contributed by atoms with Crippen molar-refractivity contribution >= 4 is 5.96 Å². The van der Waals surface area contributed by atoms with Crippen LogP contribution in [0.3, 0.4) is 0 Å². The zero-order valence-corrected chi connectivity index (χ0v) is 16.2. The van der Waals surface area contributed by atoms with E-state index in [0.717, 1.165) is 37.1 Å². The highest BCUT2D eigenvalue weighted by Gasteiger charge is 2.15. The summed E-state index contributed by atoms with van der Waals surface area (Å²) in [5.74, 6) is 2.82. The van der Waals surface area contributed by atoms with Crippen LogP contribution in [0.1, 0.15) is 35.6 Å². The second-order valence-corrected chi connectivity index (χ2v) is 6.89. The molecule has 0 saturated carbocycles. The lowest BCUT2D eigenvalue weighted by molar-refractivity contribution is 0.504. The quantitative estimate of drug-likeness (QED) is 0.504. The zero-order chi connectivity index (χ0) is 19.2. The highest BCUT2D eigenvalue weighted by Crippen LogP contribution is 2.14. The summed E-state index contributed by atoms with van der Waals surface area (Å²) in [5.41, 5.74) is 2.46. The first-order valence-electron chi connectivity index (χ1n) is 9.73. The van der Waals surface area contributed by atoms with Gasteiger partial charge < -0.3 is 15.2 Å². The molecule has 0 atom stereocenters. The summed E-state index contributed by atoms with van der Waals surface area (Å²) in [5, 5.41) is 19.7. The molecule has 0 amide bonds. The molecule has 1 aliphatic rings. The summed E-state index contributed by atoms with van der Waals surface area (Å²) < 4.78 is 4.16. The minimum absolute atomic E-state index is 0.613. The van der Waals surface area contributed by atoms with E-state index in [2.05, 4.69) is 59.8 Å². The van der Waals surface area contributed by atoms with Gasteiger partial charge in [-0.05, 0) is 30.0 Å². The van der Waals surface area contributed by atoms with Crippen molar-refractivity contribution in [2.24, 2.45) is 4.99 Å². The fourth-order valence-corrected chi connectivity index (χ4v) is 3.51. The number of hydrogen-bond donors (Lipinski definition) is 2. The monoisotopic (exact) mass is 378 g/mol. The van der Waals surface area contributed by atoms with Crippen LogP contribution >= 0.6 is 0 Å². The summed E-state index contributed by atoms with van der Waals surface area (Å²) >= 11 is 0. The van der Waals surface area contributed by atoms with Crippen molar-refractivity contribution in [1.29, 1.82) is 0 Å². The molecule has 1 aliphatic heterocycles. The summed E-state index contributed by atoms with van der Waals surface area (Å²) in [6.07, 6.45) is 7.19. The van der Waals surface area contributed by atoms with Gasteiger partial charge >= 0.3 is 0 Å². The molecule has 2 aromatic heterocycles. The second kappa shape index (κ2) is 8.69. The Hall–Kier alpha value is -3.16. The van der Waals surface area contributed by atoms with E-state index in [9.17, 15) is 0 Å². The van der Waals surface area contributed by atoms with Gasteiger partial charge in [0.1, 0.15) is 5.82 Å². The molecule has 28 heavy (non-hydrogen) atoms. The van der Waals surface area contributed by atoms with E-state index >= 15 is 0 Å². The van der Waals surface area contributed by atoms with Crippen LogP contribution < -0.4 is 10.6 Å². The zero-order valence-electron chi connectivity index (χ0n) is 16.2. The minimum atomic E-state index is 0.613. The van der Waals surface area contributed by atoms with Crippen LogP contribution in [0.5, 0.6) is 0 Å². The van der Waals surface area contributed by atoms with Gasteiger partial charge in [0, 0.05) is 39.0 Å². The summed E-state index contributed by atoms with van der Waals surface area (Å²) in [6.45, 7) is 3.06. The molecule has 0 unspecified atom stereocenters. The smallest absolute Gasteiger partial charge is 0.191 e. The maximum atomic E-state index is 4.34. The molecule has 146 valence electrons. The van der Waals surface area contributed by atoms with E-state index in [4.69, 9.17) is 0 Å². The normalized spacial score (nSPS) is 14.0.